The van der Waals surface area contributed by atoms with E-state index in [1.165, 1.54) is 7.11 Å². The molecule has 2 aromatic carbocycles. The molecule has 1 unspecified atom stereocenters. The van der Waals surface area contributed by atoms with Gasteiger partial charge in [0.2, 0.25) is 0 Å². The Hall–Kier alpha value is -4.30. The molecule has 4 fully saturated rings. The second kappa shape index (κ2) is 10.2. The largest absolute Gasteiger partial charge is 0.464 e. The molecule has 0 spiro atoms. The highest BCUT2D eigenvalue weighted by Gasteiger charge is 2.55. The molecule has 4 saturated carbocycles. The summed E-state index contributed by atoms with van der Waals surface area (Å²) in [4.78, 5) is 44.7. The zero-order valence-electron chi connectivity index (χ0n) is 23.5. The molecule has 0 radical (unpaired) electrons. The summed E-state index contributed by atoms with van der Waals surface area (Å²) >= 11 is 0. The van der Waals surface area contributed by atoms with Gasteiger partial charge in [0.1, 0.15) is 11.3 Å². The van der Waals surface area contributed by atoms with Crippen LogP contribution in [0, 0.1) is 17.8 Å². The van der Waals surface area contributed by atoms with Crippen molar-refractivity contribution in [1.29, 1.82) is 0 Å². The molecule has 2 N–H and O–H groups in total. The minimum absolute atomic E-state index is 0.0966. The van der Waals surface area contributed by atoms with Gasteiger partial charge in [-0.15, -0.1) is 0 Å². The SMILES string of the molecule is COC(=O)c1c(Cc2ccc(C(=O)NC3[C@@H]4C[C@@H]5C[C@H]3C[C@](O)(C5)C4)cc2)c(=O)c2cccnc2n1-c1ccccc1. The molecule has 0 saturated heterocycles. The monoisotopic (exact) mass is 563 g/mol. The molecule has 4 bridgehead atoms. The van der Waals surface area contributed by atoms with Gasteiger partial charge in [-0.1, -0.05) is 30.3 Å². The van der Waals surface area contributed by atoms with Gasteiger partial charge in [0.25, 0.3) is 5.91 Å². The van der Waals surface area contributed by atoms with Gasteiger partial charge in [-0.25, -0.2) is 9.78 Å². The van der Waals surface area contributed by atoms with Crippen molar-refractivity contribution in [2.24, 2.45) is 17.8 Å². The Labute approximate surface area is 243 Å². The van der Waals surface area contributed by atoms with Crippen LogP contribution in [0.5, 0.6) is 0 Å². The summed E-state index contributed by atoms with van der Waals surface area (Å²) < 4.78 is 6.84. The van der Waals surface area contributed by atoms with E-state index in [4.69, 9.17) is 4.74 Å². The number of methoxy groups -OCH3 is 1. The van der Waals surface area contributed by atoms with Crippen molar-refractivity contribution in [2.45, 2.75) is 50.2 Å². The smallest absolute Gasteiger partial charge is 0.355 e. The van der Waals surface area contributed by atoms with Gasteiger partial charge in [0.15, 0.2) is 5.43 Å². The Balaban J connectivity index is 1.20. The minimum atomic E-state index is -0.630. The fourth-order valence-corrected chi connectivity index (χ4v) is 8.00. The molecule has 0 aliphatic heterocycles. The predicted octanol–water partition coefficient (Wildman–Crippen LogP) is 4.43. The number of para-hydroxylation sites is 1. The van der Waals surface area contributed by atoms with Crippen molar-refractivity contribution in [3.8, 4) is 5.69 Å². The molecule has 8 heteroatoms. The predicted molar refractivity (Wildman–Crippen MR) is 158 cm³/mol. The van der Waals surface area contributed by atoms with Gasteiger partial charge in [0, 0.05) is 35.5 Å². The number of pyridine rings is 2. The molecular formula is C34H33N3O5. The lowest BCUT2D eigenvalue weighted by Gasteiger charge is -2.58. The van der Waals surface area contributed by atoms with Crippen LogP contribution in [0.1, 0.15) is 64.1 Å². The number of fused-ring (bicyclic) bond motifs is 1. The van der Waals surface area contributed by atoms with E-state index in [-0.39, 0.29) is 29.5 Å². The Morgan fingerprint density at radius 3 is 2.38 bits per heavy atom. The summed E-state index contributed by atoms with van der Waals surface area (Å²) in [6.45, 7) is 0. The van der Waals surface area contributed by atoms with E-state index in [1.807, 2.05) is 42.5 Å². The lowest BCUT2D eigenvalue weighted by Crippen LogP contribution is -2.61. The van der Waals surface area contributed by atoms with E-state index in [0.717, 1.165) is 37.7 Å². The highest BCUT2D eigenvalue weighted by atomic mass is 16.5. The van der Waals surface area contributed by atoms with E-state index in [0.29, 0.717) is 45.6 Å². The average Bonchev–Trinajstić information content (AvgIpc) is 2.99. The van der Waals surface area contributed by atoms with Crippen LogP contribution in [0.3, 0.4) is 0 Å². The number of carbonyl (C=O) groups is 2. The van der Waals surface area contributed by atoms with Crippen LogP contribution >= 0.6 is 0 Å². The quantitative estimate of drug-likeness (QED) is 0.336. The molecule has 2 heterocycles. The number of carbonyl (C=O) groups excluding carboxylic acids is 2. The number of aromatic nitrogens is 2. The fourth-order valence-electron chi connectivity index (χ4n) is 8.00. The number of nitrogens with one attached hydrogen (secondary N) is 1. The molecule has 5 atom stereocenters. The molecule has 4 aliphatic carbocycles. The summed E-state index contributed by atoms with van der Waals surface area (Å²) in [5.74, 6) is 0.484. The number of benzene rings is 2. The number of rotatable bonds is 6. The standard InChI is InChI=1S/C34H33N3O5/c1-42-33(40)29-27(30(38)26-8-5-13-35-31(26)37(29)25-6-3-2-4-7-25)16-20-9-11-22(12-10-20)32(39)36-28-23-14-21-15-24(28)19-34(41,17-21)18-23/h2-13,21,23-24,28,41H,14-19H2,1H3,(H,36,39)/t21-,23-,24+,28?,34+. The topological polar surface area (TPSA) is 111 Å². The average molecular weight is 564 g/mol. The first kappa shape index (κ1) is 26.6. The van der Waals surface area contributed by atoms with Crippen molar-refractivity contribution in [3.63, 3.8) is 0 Å². The first-order chi connectivity index (χ1) is 20.3. The minimum Gasteiger partial charge on any atom is -0.464 e. The van der Waals surface area contributed by atoms with Crippen molar-refractivity contribution in [2.75, 3.05) is 7.11 Å². The number of aliphatic hydroxyl groups is 1. The molecule has 1 amide bonds. The maximum atomic E-state index is 13.8. The lowest BCUT2D eigenvalue weighted by atomic mass is 9.52. The van der Waals surface area contributed by atoms with Crippen LogP contribution in [0.25, 0.3) is 16.7 Å². The lowest BCUT2D eigenvalue weighted by molar-refractivity contribution is -0.136. The highest BCUT2D eigenvalue weighted by Crippen LogP contribution is 2.55. The Morgan fingerprint density at radius 1 is 1.00 bits per heavy atom. The zero-order chi connectivity index (χ0) is 29.0. The third kappa shape index (κ3) is 4.50. The van der Waals surface area contributed by atoms with E-state index >= 15 is 0 Å². The van der Waals surface area contributed by atoms with Gasteiger partial charge in [-0.05, 0) is 91.8 Å². The van der Waals surface area contributed by atoms with Crippen LogP contribution in [0.15, 0.2) is 77.7 Å². The summed E-state index contributed by atoms with van der Waals surface area (Å²) in [5.41, 5.74) is 2.00. The van der Waals surface area contributed by atoms with E-state index < -0.39 is 11.6 Å². The molecule has 4 aliphatic rings. The zero-order valence-corrected chi connectivity index (χ0v) is 23.5. The molecular weight excluding hydrogens is 530 g/mol. The number of hydrogen-bond acceptors (Lipinski definition) is 6. The summed E-state index contributed by atoms with van der Waals surface area (Å²) in [5, 5.41) is 14.6. The fraction of sp³-hybridized carbons (Fsp3) is 0.353. The normalized spacial score (nSPS) is 25.9. The van der Waals surface area contributed by atoms with Gasteiger partial charge in [0.05, 0.1) is 18.1 Å². The van der Waals surface area contributed by atoms with Gasteiger partial charge >= 0.3 is 5.97 Å². The third-order valence-electron chi connectivity index (χ3n) is 9.56. The summed E-state index contributed by atoms with van der Waals surface area (Å²) in [6, 6.07) is 20.0. The van der Waals surface area contributed by atoms with E-state index in [2.05, 4.69) is 10.3 Å². The summed E-state index contributed by atoms with van der Waals surface area (Å²) in [6.07, 6.45) is 6.37. The molecule has 42 heavy (non-hydrogen) atoms. The molecule has 2 aromatic heterocycles. The first-order valence-electron chi connectivity index (χ1n) is 14.6. The third-order valence-corrected chi connectivity index (χ3v) is 9.56. The van der Waals surface area contributed by atoms with Crippen LogP contribution in [0.2, 0.25) is 0 Å². The Morgan fingerprint density at radius 2 is 1.71 bits per heavy atom. The molecule has 4 aromatic rings. The van der Waals surface area contributed by atoms with Crippen molar-refractivity contribution < 1.29 is 19.4 Å². The highest BCUT2D eigenvalue weighted by molar-refractivity contribution is 5.95. The first-order valence-corrected chi connectivity index (χ1v) is 14.6. The second-order valence-corrected chi connectivity index (χ2v) is 12.3. The van der Waals surface area contributed by atoms with E-state index in [1.54, 1.807) is 35.0 Å². The van der Waals surface area contributed by atoms with Gasteiger partial charge in [-0.2, -0.15) is 0 Å². The number of nitrogens with zero attached hydrogens (tertiary/aromatic N) is 2. The maximum Gasteiger partial charge on any atom is 0.355 e. The number of esters is 1. The summed E-state index contributed by atoms with van der Waals surface area (Å²) in [7, 11) is 1.30. The maximum absolute atomic E-state index is 13.8. The van der Waals surface area contributed by atoms with E-state index in [9.17, 15) is 19.5 Å². The van der Waals surface area contributed by atoms with Crippen LogP contribution < -0.4 is 10.7 Å². The Bertz CT molecular complexity index is 1730. The molecule has 214 valence electrons. The van der Waals surface area contributed by atoms with Crippen LogP contribution in [-0.4, -0.2) is 45.3 Å². The number of ether oxygens (including phenoxy) is 1. The van der Waals surface area contributed by atoms with Gasteiger partial charge < -0.3 is 15.2 Å². The van der Waals surface area contributed by atoms with Crippen molar-refractivity contribution >= 4 is 22.9 Å². The van der Waals surface area contributed by atoms with Gasteiger partial charge in [-0.3, -0.25) is 14.2 Å². The number of amides is 1. The molecule has 8 nitrogen and oxygen atoms in total. The molecule has 8 rings (SSSR count). The second-order valence-electron chi connectivity index (χ2n) is 12.3. The van der Waals surface area contributed by atoms with Crippen LogP contribution in [0.4, 0.5) is 0 Å². The van der Waals surface area contributed by atoms with Crippen molar-refractivity contribution in [3.05, 3.63) is 106 Å². The van der Waals surface area contributed by atoms with Crippen LogP contribution in [-0.2, 0) is 11.2 Å². The number of hydrogen-bond donors (Lipinski definition) is 2. The Kier molecular flexibility index (Phi) is 6.46. The van der Waals surface area contributed by atoms with Crippen molar-refractivity contribution in [1.82, 2.24) is 14.9 Å².